The molecule has 0 radical (unpaired) electrons. The third-order valence-electron chi connectivity index (χ3n) is 2.88. The Kier molecular flexibility index (Phi) is 3.63. The van der Waals surface area contributed by atoms with Crippen molar-refractivity contribution in [2.45, 2.75) is 12.2 Å². The molecule has 3 N–H and O–H groups in total. The summed E-state index contributed by atoms with van der Waals surface area (Å²) in [7, 11) is 0. The fraction of sp³-hybridized carbons (Fsp3) is 0.364. The van der Waals surface area contributed by atoms with Gasteiger partial charge in [0.05, 0.1) is 30.2 Å². The number of β-amino-alcohol motifs (C(OH)–C–C–N with tert-alkyl or cyclic N) is 2. The van der Waals surface area contributed by atoms with Crippen molar-refractivity contribution in [3.8, 4) is 0 Å². The van der Waals surface area contributed by atoms with E-state index >= 15 is 0 Å². The molecule has 0 spiro atoms. The van der Waals surface area contributed by atoms with Crippen LogP contribution in [0.15, 0.2) is 24.3 Å². The molecule has 1 aromatic rings. The zero-order valence-electron chi connectivity index (χ0n) is 9.89. The topological polar surface area (TPSA) is 116 Å². The first-order valence-electron chi connectivity index (χ1n) is 5.64. The van der Waals surface area contributed by atoms with Crippen molar-refractivity contribution in [2.75, 3.05) is 18.4 Å². The van der Waals surface area contributed by atoms with Crippen LogP contribution in [0.3, 0.4) is 0 Å². The summed E-state index contributed by atoms with van der Waals surface area (Å²) in [4.78, 5) is 23.0. The third-order valence-corrected chi connectivity index (χ3v) is 2.88. The van der Waals surface area contributed by atoms with Gasteiger partial charge in [-0.05, 0) is 12.1 Å². The second kappa shape index (κ2) is 5.21. The number of aliphatic hydroxyl groups excluding tert-OH is 2. The van der Waals surface area contributed by atoms with E-state index < -0.39 is 23.2 Å². The number of hydrogen-bond acceptors (Lipinski definition) is 5. The molecule has 0 unspecified atom stereocenters. The number of nitro benzene ring substituents is 1. The molecule has 0 saturated carbocycles. The quantitative estimate of drug-likeness (QED) is 0.521. The molecule has 0 aromatic heterocycles. The van der Waals surface area contributed by atoms with Gasteiger partial charge in [0.1, 0.15) is 0 Å². The van der Waals surface area contributed by atoms with E-state index in [9.17, 15) is 25.1 Å². The van der Waals surface area contributed by atoms with Gasteiger partial charge in [-0.3, -0.25) is 10.1 Å². The van der Waals surface area contributed by atoms with E-state index in [0.717, 1.165) is 0 Å². The first-order chi connectivity index (χ1) is 8.97. The minimum Gasteiger partial charge on any atom is -0.388 e. The number of carbonyl (C=O) groups is 1. The molecule has 8 heteroatoms. The molecule has 1 aliphatic rings. The van der Waals surface area contributed by atoms with Crippen molar-refractivity contribution in [3.05, 3.63) is 34.4 Å². The number of non-ortho nitro benzene ring substituents is 1. The molecule has 2 atom stereocenters. The molecule has 0 bridgehead atoms. The van der Waals surface area contributed by atoms with Crippen LogP contribution >= 0.6 is 0 Å². The van der Waals surface area contributed by atoms with Crippen molar-refractivity contribution in [3.63, 3.8) is 0 Å². The predicted molar refractivity (Wildman–Crippen MR) is 65.7 cm³/mol. The summed E-state index contributed by atoms with van der Waals surface area (Å²) in [5, 5.41) is 31.7. The maximum absolute atomic E-state index is 11.8. The van der Waals surface area contributed by atoms with Gasteiger partial charge in [0.25, 0.3) is 5.69 Å². The molecule has 8 nitrogen and oxygen atoms in total. The lowest BCUT2D eigenvalue weighted by atomic mass is 10.3. The molecule has 2 rings (SSSR count). The molecule has 1 aliphatic heterocycles. The van der Waals surface area contributed by atoms with E-state index in [2.05, 4.69) is 5.32 Å². The highest BCUT2D eigenvalue weighted by Gasteiger charge is 2.32. The Labute approximate surface area is 108 Å². The normalized spacial score (nSPS) is 22.3. The number of hydrogen-bond donors (Lipinski definition) is 3. The summed E-state index contributed by atoms with van der Waals surface area (Å²) < 4.78 is 0. The zero-order valence-corrected chi connectivity index (χ0v) is 9.89. The second-order valence-electron chi connectivity index (χ2n) is 4.27. The SMILES string of the molecule is O=C(Nc1ccc([N+](=O)[O-])cc1)N1C[C@@H](O)[C@@H](O)C1. The highest BCUT2D eigenvalue weighted by molar-refractivity contribution is 5.89. The first kappa shape index (κ1) is 13.2. The maximum Gasteiger partial charge on any atom is 0.322 e. The fourth-order valence-corrected chi connectivity index (χ4v) is 1.80. The lowest BCUT2D eigenvalue weighted by Gasteiger charge is -2.16. The van der Waals surface area contributed by atoms with Crippen LogP contribution in [0.1, 0.15) is 0 Å². The van der Waals surface area contributed by atoms with Gasteiger partial charge in [0.15, 0.2) is 0 Å². The molecule has 2 amide bonds. The first-order valence-corrected chi connectivity index (χ1v) is 5.64. The summed E-state index contributed by atoms with van der Waals surface area (Å²) in [6.45, 7) is 0.111. The lowest BCUT2D eigenvalue weighted by molar-refractivity contribution is -0.384. The van der Waals surface area contributed by atoms with Gasteiger partial charge in [0, 0.05) is 17.8 Å². The van der Waals surface area contributed by atoms with Crippen molar-refractivity contribution >= 4 is 17.4 Å². The van der Waals surface area contributed by atoms with E-state index in [4.69, 9.17) is 0 Å². The van der Waals surface area contributed by atoms with Crippen LogP contribution in [-0.4, -0.2) is 51.4 Å². The monoisotopic (exact) mass is 267 g/mol. The maximum atomic E-state index is 11.8. The molecule has 1 heterocycles. The molecule has 1 aromatic carbocycles. The van der Waals surface area contributed by atoms with Gasteiger partial charge in [0.2, 0.25) is 0 Å². The average Bonchev–Trinajstić information content (AvgIpc) is 2.70. The highest BCUT2D eigenvalue weighted by atomic mass is 16.6. The van der Waals surface area contributed by atoms with Crippen LogP contribution in [0.25, 0.3) is 0 Å². The number of nitrogens with zero attached hydrogens (tertiary/aromatic N) is 2. The van der Waals surface area contributed by atoms with E-state index in [1.165, 1.54) is 29.2 Å². The van der Waals surface area contributed by atoms with E-state index in [0.29, 0.717) is 5.69 Å². The molecule has 1 saturated heterocycles. The Balaban J connectivity index is 1.97. The number of urea groups is 1. The molecule has 0 aliphatic carbocycles. The smallest absolute Gasteiger partial charge is 0.322 e. The van der Waals surface area contributed by atoms with E-state index in [1.807, 2.05) is 0 Å². The molecule has 19 heavy (non-hydrogen) atoms. The average molecular weight is 267 g/mol. The van der Waals surface area contributed by atoms with Gasteiger partial charge < -0.3 is 20.4 Å². The molecule has 1 fully saturated rings. The Morgan fingerprint density at radius 3 is 2.26 bits per heavy atom. The molecular formula is C11H13N3O5. The Morgan fingerprint density at radius 1 is 1.26 bits per heavy atom. The predicted octanol–water partition coefficient (Wildman–Crippen LogP) is 0.164. The number of anilines is 1. The Bertz CT molecular complexity index is 480. The summed E-state index contributed by atoms with van der Waals surface area (Å²) in [6, 6.07) is 4.93. The van der Waals surface area contributed by atoms with Crippen molar-refractivity contribution in [1.29, 1.82) is 0 Å². The minimum atomic E-state index is -0.942. The van der Waals surface area contributed by atoms with Crippen LogP contribution in [-0.2, 0) is 0 Å². The molecular weight excluding hydrogens is 254 g/mol. The second-order valence-corrected chi connectivity index (χ2v) is 4.27. The van der Waals surface area contributed by atoms with Crippen LogP contribution in [0.2, 0.25) is 0 Å². The zero-order chi connectivity index (χ0) is 14.0. The van der Waals surface area contributed by atoms with E-state index in [1.54, 1.807) is 0 Å². The lowest BCUT2D eigenvalue weighted by Crippen LogP contribution is -2.33. The van der Waals surface area contributed by atoms with Crippen LogP contribution in [0, 0.1) is 10.1 Å². The van der Waals surface area contributed by atoms with Crippen molar-refractivity contribution < 1.29 is 19.9 Å². The van der Waals surface area contributed by atoms with Gasteiger partial charge >= 0.3 is 6.03 Å². The number of likely N-dealkylation sites (tertiary alicyclic amines) is 1. The van der Waals surface area contributed by atoms with Gasteiger partial charge in [-0.2, -0.15) is 0 Å². The summed E-state index contributed by atoms with van der Waals surface area (Å²) in [5.74, 6) is 0. The molecule has 102 valence electrons. The summed E-state index contributed by atoms with van der Waals surface area (Å²) in [6.07, 6.45) is -1.88. The van der Waals surface area contributed by atoms with Crippen LogP contribution in [0.4, 0.5) is 16.2 Å². The van der Waals surface area contributed by atoms with Gasteiger partial charge in [-0.1, -0.05) is 0 Å². The minimum absolute atomic E-state index is 0.0555. The Hall–Kier alpha value is -2.19. The van der Waals surface area contributed by atoms with Crippen LogP contribution in [0.5, 0.6) is 0 Å². The third kappa shape index (κ3) is 2.98. The van der Waals surface area contributed by atoms with Crippen molar-refractivity contribution in [2.24, 2.45) is 0 Å². The fourth-order valence-electron chi connectivity index (χ4n) is 1.80. The van der Waals surface area contributed by atoms with Gasteiger partial charge in [-0.25, -0.2) is 4.79 Å². The number of aliphatic hydroxyl groups is 2. The van der Waals surface area contributed by atoms with Crippen molar-refractivity contribution in [1.82, 2.24) is 4.90 Å². The highest BCUT2D eigenvalue weighted by Crippen LogP contribution is 2.17. The Morgan fingerprint density at radius 2 is 1.79 bits per heavy atom. The van der Waals surface area contributed by atoms with Gasteiger partial charge in [-0.15, -0.1) is 0 Å². The number of benzene rings is 1. The number of nitrogens with one attached hydrogen (secondary N) is 1. The number of amides is 2. The number of rotatable bonds is 2. The van der Waals surface area contributed by atoms with E-state index in [-0.39, 0.29) is 18.8 Å². The number of carbonyl (C=O) groups excluding carboxylic acids is 1. The summed E-state index contributed by atoms with van der Waals surface area (Å²) in [5.41, 5.74) is 0.344. The standard InChI is InChI=1S/C11H13N3O5/c15-9-5-13(6-10(9)16)11(17)12-7-1-3-8(4-2-7)14(18)19/h1-4,9-10,15-16H,5-6H2,(H,12,17)/t9-,10+. The summed E-state index contributed by atoms with van der Waals surface area (Å²) >= 11 is 0. The number of nitro groups is 1. The van der Waals surface area contributed by atoms with Crippen LogP contribution < -0.4 is 5.32 Å². The largest absolute Gasteiger partial charge is 0.388 e.